The summed E-state index contributed by atoms with van der Waals surface area (Å²) in [5.41, 5.74) is 0.270. The molecule has 1 aliphatic carbocycles. The molecule has 0 bridgehead atoms. The first kappa shape index (κ1) is 14.6. The number of ether oxygens (including phenoxy) is 1. The molecule has 1 spiro atoms. The first-order valence-corrected chi connectivity index (χ1v) is 8.16. The van der Waals surface area contributed by atoms with Crippen LogP contribution in [0, 0.1) is 5.92 Å². The van der Waals surface area contributed by atoms with Gasteiger partial charge in [-0.25, -0.2) is 0 Å². The molecule has 2 aliphatic rings. The highest BCUT2D eigenvalue weighted by atomic mass is 35.5. The number of rotatable bonds is 6. The van der Waals surface area contributed by atoms with Gasteiger partial charge in [0.1, 0.15) is 0 Å². The summed E-state index contributed by atoms with van der Waals surface area (Å²) < 4.78 is 6.32. The van der Waals surface area contributed by atoms with Gasteiger partial charge in [-0.3, -0.25) is 0 Å². The normalized spacial score (nSPS) is 28.3. The zero-order chi connectivity index (χ0) is 13.0. The van der Waals surface area contributed by atoms with E-state index in [1.165, 1.54) is 38.5 Å². The van der Waals surface area contributed by atoms with Crippen LogP contribution in [0.1, 0.15) is 58.8 Å². The predicted octanol–water partition coefficient (Wildman–Crippen LogP) is 3.72. The Labute approximate surface area is 117 Å². The Morgan fingerprint density at radius 1 is 1.28 bits per heavy atom. The van der Waals surface area contributed by atoms with Crippen molar-refractivity contribution in [1.29, 1.82) is 0 Å². The molecule has 2 nitrogen and oxygen atoms in total. The molecule has 1 heterocycles. The van der Waals surface area contributed by atoms with E-state index in [-0.39, 0.29) is 5.60 Å². The van der Waals surface area contributed by atoms with Crippen molar-refractivity contribution >= 4 is 11.6 Å². The maximum Gasteiger partial charge on any atom is 0.0708 e. The van der Waals surface area contributed by atoms with Gasteiger partial charge in [0, 0.05) is 18.5 Å². The highest BCUT2D eigenvalue weighted by Gasteiger charge is 2.41. The third-order valence-corrected chi connectivity index (χ3v) is 4.90. The van der Waals surface area contributed by atoms with Crippen LogP contribution in [0.25, 0.3) is 0 Å². The summed E-state index contributed by atoms with van der Waals surface area (Å²) in [7, 11) is 0. The molecule has 18 heavy (non-hydrogen) atoms. The van der Waals surface area contributed by atoms with E-state index in [9.17, 15) is 0 Å². The number of hydrogen-bond acceptors (Lipinski definition) is 2. The molecule has 1 aliphatic heterocycles. The highest BCUT2D eigenvalue weighted by molar-refractivity contribution is 6.17. The average molecular weight is 274 g/mol. The first-order valence-electron chi connectivity index (χ1n) is 7.62. The van der Waals surface area contributed by atoms with Crippen LogP contribution in [0.15, 0.2) is 0 Å². The van der Waals surface area contributed by atoms with Crippen LogP contribution in [0.3, 0.4) is 0 Å². The van der Waals surface area contributed by atoms with E-state index >= 15 is 0 Å². The highest BCUT2D eigenvalue weighted by Crippen LogP contribution is 2.43. The molecule has 1 saturated heterocycles. The third kappa shape index (κ3) is 3.61. The van der Waals surface area contributed by atoms with Crippen molar-refractivity contribution in [1.82, 2.24) is 5.32 Å². The summed E-state index contributed by atoms with van der Waals surface area (Å²) in [6.07, 6.45) is 9.30. The molecule has 0 aromatic rings. The molecule has 1 N–H and O–H groups in total. The second-order valence-electron chi connectivity index (χ2n) is 6.41. The molecule has 2 rings (SSSR count). The van der Waals surface area contributed by atoms with Crippen LogP contribution in [0.2, 0.25) is 0 Å². The Bertz CT molecular complexity index is 251. The van der Waals surface area contributed by atoms with E-state index in [2.05, 4.69) is 19.2 Å². The van der Waals surface area contributed by atoms with Gasteiger partial charge in [0.2, 0.25) is 0 Å². The summed E-state index contributed by atoms with van der Waals surface area (Å²) in [6.45, 7) is 5.53. The lowest BCUT2D eigenvalue weighted by Crippen LogP contribution is -2.40. The zero-order valence-corrected chi connectivity index (χ0v) is 12.6. The van der Waals surface area contributed by atoms with Crippen molar-refractivity contribution in [2.45, 2.75) is 76.5 Å². The summed E-state index contributed by atoms with van der Waals surface area (Å²) in [5.74, 6) is 1.39. The topological polar surface area (TPSA) is 21.3 Å². The molecule has 2 atom stereocenters. The van der Waals surface area contributed by atoms with Gasteiger partial charge in [-0.15, -0.1) is 11.6 Å². The number of halogens is 1. The molecule has 2 unspecified atom stereocenters. The Morgan fingerprint density at radius 3 is 2.61 bits per heavy atom. The summed E-state index contributed by atoms with van der Waals surface area (Å²) in [6, 6.07) is 0.534. The number of alkyl halides is 1. The molecule has 0 radical (unpaired) electrons. The van der Waals surface area contributed by atoms with Crippen LogP contribution >= 0.6 is 11.6 Å². The SMILES string of the molecule is CC(C)C(CCCl)NCC1CCC2(CCCC2)O1. The van der Waals surface area contributed by atoms with E-state index in [0.29, 0.717) is 18.1 Å². The molecule has 0 amide bonds. The van der Waals surface area contributed by atoms with Crippen molar-refractivity contribution in [2.75, 3.05) is 12.4 Å². The van der Waals surface area contributed by atoms with Crippen LogP contribution < -0.4 is 5.32 Å². The average Bonchev–Trinajstić information content (AvgIpc) is 2.95. The largest absolute Gasteiger partial charge is 0.370 e. The minimum atomic E-state index is 0.270. The van der Waals surface area contributed by atoms with Crippen LogP contribution in [0.5, 0.6) is 0 Å². The van der Waals surface area contributed by atoms with E-state index in [4.69, 9.17) is 16.3 Å². The summed E-state index contributed by atoms with van der Waals surface area (Å²) in [4.78, 5) is 0. The fourth-order valence-electron chi connectivity index (χ4n) is 3.50. The van der Waals surface area contributed by atoms with E-state index in [1.54, 1.807) is 0 Å². The molecule has 1 saturated carbocycles. The Morgan fingerprint density at radius 2 is 2.00 bits per heavy atom. The second-order valence-corrected chi connectivity index (χ2v) is 6.78. The van der Waals surface area contributed by atoms with E-state index in [1.807, 2.05) is 0 Å². The summed E-state index contributed by atoms with van der Waals surface area (Å²) in [5, 5.41) is 3.66. The lowest BCUT2D eigenvalue weighted by molar-refractivity contribution is -0.0362. The smallest absolute Gasteiger partial charge is 0.0708 e. The van der Waals surface area contributed by atoms with Gasteiger partial charge in [0.05, 0.1) is 11.7 Å². The van der Waals surface area contributed by atoms with Crippen LogP contribution in [0.4, 0.5) is 0 Å². The third-order valence-electron chi connectivity index (χ3n) is 4.69. The molecule has 0 aromatic heterocycles. The minimum Gasteiger partial charge on any atom is -0.370 e. The van der Waals surface area contributed by atoms with Gasteiger partial charge in [0.15, 0.2) is 0 Å². The Balaban J connectivity index is 1.74. The van der Waals surface area contributed by atoms with Gasteiger partial charge in [-0.05, 0) is 38.0 Å². The van der Waals surface area contributed by atoms with Gasteiger partial charge in [0.25, 0.3) is 0 Å². The molecule has 0 aromatic carbocycles. The second kappa shape index (κ2) is 6.58. The lowest BCUT2D eigenvalue weighted by Gasteiger charge is -2.26. The predicted molar refractivity (Wildman–Crippen MR) is 77.3 cm³/mol. The number of nitrogens with one attached hydrogen (secondary N) is 1. The zero-order valence-electron chi connectivity index (χ0n) is 11.9. The maximum absolute atomic E-state index is 6.32. The van der Waals surface area contributed by atoms with E-state index < -0.39 is 0 Å². The van der Waals surface area contributed by atoms with Crippen molar-refractivity contribution in [3.8, 4) is 0 Å². The quantitative estimate of drug-likeness (QED) is 0.745. The molecule has 106 valence electrons. The fraction of sp³-hybridized carbons (Fsp3) is 1.00. The summed E-state index contributed by atoms with van der Waals surface area (Å²) >= 11 is 5.86. The van der Waals surface area contributed by atoms with Crippen molar-refractivity contribution in [3.63, 3.8) is 0 Å². The Kier molecular flexibility index (Phi) is 5.35. The number of hydrogen-bond donors (Lipinski definition) is 1. The monoisotopic (exact) mass is 273 g/mol. The fourth-order valence-corrected chi connectivity index (χ4v) is 3.73. The van der Waals surface area contributed by atoms with Crippen LogP contribution in [-0.4, -0.2) is 30.2 Å². The molecule has 2 fully saturated rings. The standard InChI is InChI=1S/C15H28ClNO/c1-12(2)14(6-10-16)17-11-13-5-9-15(18-13)7-3-4-8-15/h12-14,17H,3-11H2,1-2H3. The van der Waals surface area contributed by atoms with Gasteiger partial charge < -0.3 is 10.1 Å². The van der Waals surface area contributed by atoms with Gasteiger partial charge in [-0.2, -0.15) is 0 Å². The lowest BCUT2D eigenvalue weighted by atomic mass is 9.98. The maximum atomic E-state index is 6.32. The van der Waals surface area contributed by atoms with Crippen molar-refractivity contribution in [3.05, 3.63) is 0 Å². The Hall–Kier alpha value is 0.210. The molecule has 3 heteroatoms. The van der Waals surface area contributed by atoms with Gasteiger partial charge >= 0.3 is 0 Å². The van der Waals surface area contributed by atoms with E-state index in [0.717, 1.165) is 18.8 Å². The van der Waals surface area contributed by atoms with Crippen LogP contribution in [-0.2, 0) is 4.74 Å². The van der Waals surface area contributed by atoms with Gasteiger partial charge in [-0.1, -0.05) is 26.7 Å². The van der Waals surface area contributed by atoms with Crippen molar-refractivity contribution in [2.24, 2.45) is 5.92 Å². The molecular formula is C15H28ClNO. The van der Waals surface area contributed by atoms with Crippen molar-refractivity contribution < 1.29 is 4.74 Å². The minimum absolute atomic E-state index is 0.270. The first-order chi connectivity index (χ1) is 8.65. The molecular weight excluding hydrogens is 246 g/mol.